The Morgan fingerprint density at radius 2 is 1.88 bits per heavy atom. The van der Waals surface area contributed by atoms with Gasteiger partial charge in [0.25, 0.3) is 0 Å². The Morgan fingerprint density at radius 3 is 2.50 bits per heavy atom. The van der Waals surface area contributed by atoms with Crippen molar-refractivity contribution in [3.05, 3.63) is 35.4 Å². The normalized spacial score (nSPS) is 20.9. The van der Waals surface area contributed by atoms with Gasteiger partial charge in [-0.3, -0.25) is 0 Å². The van der Waals surface area contributed by atoms with Crippen molar-refractivity contribution in [2.24, 2.45) is 5.41 Å². The fourth-order valence-corrected chi connectivity index (χ4v) is 3.16. The van der Waals surface area contributed by atoms with Crippen molar-refractivity contribution >= 4 is 11.6 Å². The number of hydrogen-bond donors (Lipinski definition) is 0. The molecule has 0 N–H and O–H groups in total. The van der Waals surface area contributed by atoms with Gasteiger partial charge in [0, 0.05) is 5.38 Å². The Balaban J connectivity index is 2.07. The molecule has 0 aromatic heterocycles. The molecule has 0 aliphatic heterocycles. The summed E-state index contributed by atoms with van der Waals surface area (Å²) in [6.45, 7) is 4.53. The Hall–Kier alpha value is -0.490. The zero-order valence-electron chi connectivity index (χ0n) is 10.3. The van der Waals surface area contributed by atoms with Gasteiger partial charge in [0.2, 0.25) is 0 Å². The summed E-state index contributed by atoms with van der Waals surface area (Å²) in [5, 5.41) is 0.288. The topological polar surface area (TPSA) is 0 Å². The van der Waals surface area contributed by atoms with Crippen molar-refractivity contribution in [2.45, 2.75) is 51.3 Å². The largest absolute Gasteiger partial charge is 0.122 e. The number of benzene rings is 1. The Labute approximate surface area is 104 Å². The van der Waals surface area contributed by atoms with Crippen molar-refractivity contribution in [3.8, 4) is 0 Å². The SMILES string of the molecule is Cc1ccccc1CC(Cl)C1(C)CCCC1. The van der Waals surface area contributed by atoms with Crippen LogP contribution in [-0.2, 0) is 6.42 Å². The summed E-state index contributed by atoms with van der Waals surface area (Å²) >= 11 is 6.63. The van der Waals surface area contributed by atoms with E-state index in [1.807, 2.05) is 0 Å². The fourth-order valence-electron chi connectivity index (χ4n) is 2.77. The predicted molar refractivity (Wildman–Crippen MR) is 71.1 cm³/mol. The lowest BCUT2D eigenvalue weighted by molar-refractivity contribution is 0.316. The minimum Gasteiger partial charge on any atom is -0.122 e. The second kappa shape index (κ2) is 4.79. The lowest BCUT2D eigenvalue weighted by atomic mass is 9.81. The molecule has 1 heteroatoms. The number of aryl methyl sites for hydroxylation is 1. The van der Waals surface area contributed by atoms with Gasteiger partial charge in [-0.2, -0.15) is 0 Å². The van der Waals surface area contributed by atoms with E-state index in [1.54, 1.807) is 0 Å². The van der Waals surface area contributed by atoms with E-state index < -0.39 is 0 Å². The molecule has 1 aliphatic carbocycles. The van der Waals surface area contributed by atoms with Gasteiger partial charge in [-0.05, 0) is 42.7 Å². The Kier molecular flexibility index (Phi) is 3.59. The predicted octanol–water partition coefficient (Wildman–Crippen LogP) is 4.73. The van der Waals surface area contributed by atoms with E-state index in [9.17, 15) is 0 Å². The van der Waals surface area contributed by atoms with Crippen LogP contribution in [0.2, 0.25) is 0 Å². The molecule has 0 heterocycles. The highest BCUT2D eigenvalue weighted by Crippen LogP contribution is 2.44. The lowest BCUT2D eigenvalue weighted by Gasteiger charge is -2.29. The molecule has 2 rings (SSSR count). The van der Waals surface area contributed by atoms with Gasteiger partial charge in [-0.1, -0.05) is 44.0 Å². The molecule has 0 bridgehead atoms. The van der Waals surface area contributed by atoms with Gasteiger partial charge in [0.15, 0.2) is 0 Å². The van der Waals surface area contributed by atoms with Crippen molar-refractivity contribution in [1.29, 1.82) is 0 Å². The molecule has 0 spiro atoms. The van der Waals surface area contributed by atoms with Crippen LogP contribution in [0, 0.1) is 12.3 Å². The summed E-state index contributed by atoms with van der Waals surface area (Å²) in [4.78, 5) is 0. The van der Waals surface area contributed by atoms with Crippen molar-refractivity contribution in [3.63, 3.8) is 0 Å². The number of hydrogen-bond acceptors (Lipinski definition) is 0. The van der Waals surface area contributed by atoms with Crippen LogP contribution in [0.1, 0.15) is 43.7 Å². The minimum absolute atomic E-state index is 0.288. The fraction of sp³-hybridized carbons (Fsp3) is 0.600. The minimum atomic E-state index is 0.288. The number of rotatable bonds is 3. The molecule has 1 fully saturated rings. The lowest BCUT2D eigenvalue weighted by Crippen LogP contribution is -2.26. The molecule has 1 saturated carbocycles. The zero-order chi connectivity index (χ0) is 11.6. The average Bonchev–Trinajstić information content (AvgIpc) is 2.70. The molecule has 0 nitrogen and oxygen atoms in total. The molecular weight excluding hydrogens is 216 g/mol. The summed E-state index contributed by atoms with van der Waals surface area (Å²) < 4.78 is 0. The summed E-state index contributed by atoms with van der Waals surface area (Å²) in [6, 6.07) is 8.60. The van der Waals surface area contributed by atoms with E-state index in [2.05, 4.69) is 38.1 Å². The standard InChI is InChI=1S/C15H21Cl/c1-12-7-3-4-8-13(12)11-14(16)15(2)9-5-6-10-15/h3-4,7-8,14H,5-6,9-11H2,1-2H3. The first-order chi connectivity index (χ1) is 7.62. The summed E-state index contributed by atoms with van der Waals surface area (Å²) in [7, 11) is 0. The van der Waals surface area contributed by atoms with E-state index in [0.29, 0.717) is 5.41 Å². The molecule has 0 amide bonds. The summed E-state index contributed by atoms with van der Waals surface area (Å²) in [5.74, 6) is 0. The maximum Gasteiger partial charge on any atom is 0.0430 e. The van der Waals surface area contributed by atoms with Gasteiger partial charge in [-0.25, -0.2) is 0 Å². The highest BCUT2D eigenvalue weighted by molar-refractivity contribution is 6.21. The third-order valence-corrected chi connectivity index (χ3v) is 4.84. The molecule has 0 radical (unpaired) electrons. The zero-order valence-corrected chi connectivity index (χ0v) is 11.1. The van der Waals surface area contributed by atoms with Gasteiger partial charge >= 0.3 is 0 Å². The molecule has 1 aromatic carbocycles. The molecule has 0 saturated heterocycles. The highest BCUT2D eigenvalue weighted by Gasteiger charge is 2.35. The quantitative estimate of drug-likeness (QED) is 0.666. The van der Waals surface area contributed by atoms with Crippen LogP contribution in [0.4, 0.5) is 0 Å². The van der Waals surface area contributed by atoms with E-state index in [-0.39, 0.29) is 5.38 Å². The molecule has 1 atom stereocenters. The van der Waals surface area contributed by atoms with Crippen molar-refractivity contribution in [2.75, 3.05) is 0 Å². The van der Waals surface area contributed by atoms with Crippen LogP contribution >= 0.6 is 11.6 Å². The van der Waals surface area contributed by atoms with E-state index in [0.717, 1.165) is 6.42 Å². The smallest absolute Gasteiger partial charge is 0.0430 e. The first-order valence-electron chi connectivity index (χ1n) is 6.30. The van der Waals surface area contributed by atoms with Crippen LogP contribution in [0.5, 0.6) is 0 Å². The highest BCUT2D eigenvalue weighted by atomic mass is 35.5. The monoisotopic (exact) mass is 236 g/mol. The maximum absolute atomic E-state index is 6.63. The summed E-state index contributed by atoms with van der Waals surface area (Å²) in [6.07, 6.45) is 6.33. The van der Waals surface area contributed by atoms with Crippen LogP contribution in [0.15, 0.2) is 24.3 Å². The van der Waals surface area contributed by atoms with Gasteiger partial charge in [0.1, 0.15) is 0 Å². The third kappa shape index (κ3) is 2.43. The average molecular weight is 237 g/mol. The summed E-state index contributed by atoms with van der Waals surface area (Å²) in [5.41, 5.74) is 3.15. The maximum atomic E-state index is 6.63. The Morgan fingerprint density at radius 1 is 1.25 bits per heavy atom. The first-order valence-corrected chi connectivity index (χ1v) is 6.74. The molecule has 1 aromatic rings. The van der Waals surface area contributed by atoms with Crippen molar-refractivity contribution < 1.29 is 0 Å². The van der Waals surface area contributed by atoms with Gasteiger partial charge in [-0.15, -0.1) is 11.6 Å². The van der Waals surface area contributed by atoms with Crippen molar-refractivity contribution in [1.82, 2.24) is 0 Å². The van der Waals surface area contributed by atoms with E-state index >= 15 is 0 Å². The second-order valence-electron chi connectivity index (χ2n) is 5.46. The molecule has 1 unspecified atom stereocenters. The number of alkyl halides is 1. The van der Waals surface area contributed by atoms with Crippen LogP contribution < -0.4 is 0 Å². The third-order valence-electron chi connectivity index (χ3n) is 4.16. The van der Waals surface area contributed by atoms with E-state index in [4.69, 9.17) is 11.6 Å². The second-order valence-corrected chi connectivity index (χ2v) is 5.99. The van der Waals surface area contributed by atoms with Crippen LogP contribution in [-0.4, -0.2) is 5.38 Å². The van der Waals surface area contributed by atoms with Crippen LogP contribution in [0.25, 0.3) is 0 Å². The van der Waals surface area contributed by atoms with Gasteiger partial charge in [0.05, 0.1) is 0 Å². The molecule has 1 aliphatic rings. The number of halogens is 1. The molecule has 88 valence electrons. The molecular formula is C15H21Cl. The van der Waals surface area contributed by atoms with E-state index in [1.165, 1.54) is 36.8 Å². The molecule has 16 heavy (non-hydrogen) atoms. The first kappa shape index (κ1) is 12.0. The van der Waals surface area contributed by atoms with Gasteiger partial charge < -0.3 is 0 Å². The van der Waals surface area contributed by atoms with Crippen LogP contribution in [0.3, 0.4) is 0 Å². The Bertz CT molecular complexity index is 350.